The number of ether oxygens (including phenoxy) is 1. The highest BCUT2D eigenvalue weighted by Crippen LogP contribution is 2.43. The van der Waals surface area contributed by atoms with Gasteiger partial charge in [0, 0.05) is 29.3 Å². The van der Waals surface area contributed by atoms with Crippen molar-refractivity contribution in [3.05, 3.63) is 27.7 Å². The maximum Gasteiger partial charge on any atom is 0.138 e. The minimum atomic E-state index is 0.0904. The molecule has 3 rings (SSSR count). The number of Topliss-reactive ketones (excluding diaryl/α,β-unsaturated/α-hetero) is 1. The van der Waals surface area contributed by atoms with Gasteiger partial charge in [0.2, 0.25) is 0 Å². The molecule has 0 radical (unpaired) electrons. The van der Waals surface area contributed by atoms with Gasteiger partial charge in [0.15, 0.2) is 0 Å². The van der Waals surface area contributed by atoms with E-state index in [9.17, 15) is 4.79 Å². The number of nitrogens with two attached hydrogens (primary N) is 1. The molecule has 2 N–H and O–H groups in total. The number of carbonyl (C=O) groups is 1. The topological polar surface area (TPSA) is 52.3 Å². The van der Waals surface area contributed by atoms with E-state index in [2.05, 4.69) is 22.0 Å². The van der Waals surface area contributed by atoms with Crippen LogP contribution in [0, 0.1) is 5.41 Å². The summed E-state index contributed by atoms with van der Waals surface area (Å²) < 4.78 is 6.71. The molecule has 2 aliphatic rings. The summed E-state index contributed by atoms with van der Waals surface area (Å²) in [5, 5.41) is 0. The molecule has 0 bridgehead atoms. The Morgan fingerprint density at radius 3 is 2.85 bits per heavy atom. The first kappa shape index (κ1) is 14.1. The number of ketones is 1. The Hall–Kier alpha value is -0.870. The summed E-state index contributed by atoms with van der Waals surface area (Å²) in [6.07, 6.45) is 5.42. The molecular formula is C16H20BrNO2. The highest BCUT2D eigenvalue weighted by Gasteiger charge is 2.37. The Balaban J connectivity index is 1.73. The van der Waals surface area contributed by atoms with Crippen molar-refractivity contribution in [2.75, 3.05) is 13.2 Å². The third-order valence-corrected chi connectivity index (χ3v) is 5.09. The summed E-state index contributed by atoms with van der Waals surface area (Å²) in [6, 6.07) is 4.10. The van der Waals surface area contributed by atoms with Crippen LogP contribution in [0.15, 0.2) is 16.6 Å². The normalized spacial score (nSPS) is 19.1. The third kappa shape index (κ3) is 2.63. The van der Waals surface area contributed by atoms with Gasteiger partial charge in [-0.1, -0.05) is 22.4 Å². The van der Waals surface area contributed by atoms with Crippen LogP contribution in [-0.4, -0.2) is 18.9 Å². The van der Waals surface area contributed by atoms with Gasteiger partial charge in [-0.2, -0.15) is 0 Å². The Morgan fingerprint density at radius 1 is 1.40 bits per heavy atom. The van der Waals surface area contributed by atoms with Crippen LogP contribution in [0.4, 0.5) is 0 Å². The largest absolute Gasteiger partial charge is 0.493 e. The molecule has 0 spiro atoms. The van der Waals surface area contributed by atoms with E-state index < -0.39 is 0 Å². The average Bonchev–Trinajstić information content (AvgIpc) is 2.82. The number of benzene rings is 1. The smallest absolute Gasteiger partial charge is 0.138 e. The number of hydrogen-bond acceptors (Lipinski definition) is 3. The molecule has 20 heavy (non-hydrogen) atoms. The highest BCUT2D eigenvalue weighted by atomic mass is 79.9. The van der Waals surface area contributed by atoms with Gasteiger partial charge in [0.1, 0.15) is 11.5 Å². The molecule has 0 amide bonds. The summed E-state index contributed by atoms with van der Waals surface area (Å²) in [4.78, 5) is 12.4. The lowest BCUT2D eigenvalue weighted by Gasteiger charge is -2.40. The standard InChI is InChI=1S/C16H20BrNO2/c17-13-6-11-2-5-20-15(11)12(7-13)8-14(19)9-16(10-18)3-1-4-16/h6-7H,1-5,8-10,18H2. The van der Waals surface area contributed by atoms with E-state index in [-0.39, 0.29) is 11.2 Å². The lowest BCUT2D eigenvalue weighted by atomic mass is 9.65. The zero-order valence-corrected chi connectivity index (χ0v) is 13.2. The Kier molecular flexibility index (Phi) is 3.87. The van der Waals surface area contributed by atoms with E-state index >= 15 is 0 Å². The second kappa shape index (κ2) is 5.49. The fraction of sp³-hybridized carbons (Fsp3) is 0.562. The summed E-state index contributed by atoms with van der Waals surface area (Å²) in [6.45, 7) is 1.35. The van der Waals surface area contributed by atoms with Gasteiger partial charge >= 0.3 is 0 Å². The molecule has 1 heterocycles. The molecule has 0 atom stereocenters. The molecule has 1 aliphatic carbocycles. The molecule has 1 fully saturated rings. The maximum atomic E-state index is 12.4. The maximum absolute atomic E-state index is 12.4. The van der Waals surface area contributed by atoms with Crippen LogP contribution < -0.4 is 10.5 Å². The SMILES string of the molecule is NCC1(CC(=O)Cc2cc(Br)cc3c2OCC3)CCC1. The van der Waals surface area contributed by atoms with Crippen molar-refractivity contribution >= 4 is 21.7 Å². The predicted octanol–water partition coefficient (Wildman–Crippen LogP) is 3.01. The fourth-order valence-electron chi connectivity index (χ4n) is 3.30. The van der Waals surface area contributed by atoms with Crippen LogP contribution >= 0.6 is 15.9 Å². The molecule has 108 valence electrons. The van der Waals surface area contributed by atoms with Gasteiger partial charge in [0.25, 0.3) is 0 Å². The Morgan fingerprint density at radius 2 is 2.20 bits per heavy atom. The molecular weight excluding hydrogens is 318 g/mol. The van der Waals surface area contributed by atoms with Crippen molar-refractivity contribution in [1.29, 1.82) is 0 Å². The number of carbonyl (C=O) groups excluding carboxylic acids is 1. The Labute approximate surface area is 128 Å². The Bertz CT molecular complexity index is 532. The van der Waals surface area contributed by atoms with Crippen LogP contribution in [0.1, 0.15) is 36.8 Å². The van der Waals surface area contributed by atoms with Crippen molar-refractivity contribution in [3.63, 3.8) is 0 Å². The second-order valence-electron chi connectivity index (χ2n) is 6.10. The predicted molar refractivity (Wildman–Crippen MR) is 82.0 cm³/mol. The van der Waals surface area contributed by atoms with Crippen molar-refractivity contribution in [2.24, 2.45) is 11.1 Å². The second-order valence-corrected chi connectivity index (χ2v) is 7.02. The molecule has 0 unspecified atom stereocenters. The van der Waals surface area contributed by atoms with Crippen LogP contribution in [0.25, 0.3) is 0 Å². The molecule has 4 heteroatoms. The van der Waals surface area contributed by atoms with E-state index in [0.29, 0.717) is 19.4 Å². The van der Waals surface area contributed by atoms with Gasteiger partial charge in [-0.3, -0.25) is 4.79 Å². The van der Waals surface area contributed by atoms with Gasteiger partial charge in [-0.15, -0.1) is 0 Å². The highest BCUT2D eigenvalue weighted by molar-refractivity contribution is 9.10. The molecule has 1 aromatic carbocycles. The van der Waals surface area contributed by atoms with Crippen LogP contribution in [0.5, 0.6) is 5.75 Å². The van der Waals surface area contributed by atoms with Crippen molar-refractivity contribution in [2.45, 2.75) is 38.5 Å². The first-order valence-electron chi connectivity index (χ1n) is 7.28. The minimum absolute atomic E-state index is 0.0904. The zero-order chi connectivity index (χ0) is 14.2. The molecule has 0 saturated heterocycles. The minimum Gasteiger partial charge on any atom is -0.493 e. The quantitative estimate of drug-likeness (QED) is 0.898. The van der Waals surface area contributed by atoms with Gasteiger partial charge < -0.3 is 10.5 Å². The summed E-state index contributed by atoms with van der Waals surface area (Å²) in [7, 11) is 0. The molecule has 0 aromatic heterocycles. The van der Waals surface area contributed by atoms with E-state index in [1.54, 1.807) is 0 Å². The van der Waals surface area contributed by atoms with E-state index in [1.165, 1.54) is 12.0 Å². The number of hydrogen-bond donors (Lipinski definition) is 1. The summed E-state index contributed by atoms with van der Waals surface area (Å²) >= 11 is 3.52. The third-order valence-electron chi connectivity index (χ3n) is 4.63. The van der Waals surface area contributed by atoms with Crippen molar-refractivity contribution in [3.8, 4) is 5.75 Å². The van der Waals surface area contributed by atoms with Crippen LogP contribution in [0.2, 0.25) is 0 Å². The number of fused-ring (bicyclic) bond motifs is 1. The lowest BCUT2D eigenvalue weighted by molar-refractivity contribution is -0.122. The van der Waals surface area contributed by atoms with E-state index in [1.807, 2.05) is 6.07 Å². The first-order chi connectivity index (χ1) is 9.62. The molecule has 1 aromatic rings. The van der Waals surface area contributed by atoms with E-state index in [4.69, 9.17) is 10.5 Å². The van der Waals surface area contributed by atoms with Crippen molar-refractivity contribution in [1.82, 2.24) is 0 Å². The van der Waals surface area contributed by atoms with E-state index in [0.717, 1.165) is 41.7 Å². The van der Waals surface area contributed by atoms with Gasteiger partial charge in [-0.05, 0) is 42.5 Å². The number of rotatable bonds is 5. The van der Waals surface area contributed by atoms with Gasteiger partial charge in [0.05, 0.1) is 6.61 Å². The van der Waals surface area contributed by atoms with Gasteiger partial charge in [-0.25, -0.2) is 0 Å². The molecule has 3 nitrogen and oxygen atoms in total. The first-order valence-corrected chi connectivity index (χ1v) is 8.07. The average molecular weight is 338 g/mol. The molecule has 1 saturated carbocycles. The monoisotopic (exact) mass is 337 g/mol. The van der Waals surface area contributed by atoms with Crippen molar-refractivity contribution < 1.29 is 9.53 Å². The fourth-order valence-corrected chi connectivity index (χ4v) is 3.85. The lowest BCUT2D eigenvalue weighted by Crippen LogP contribution is -2.39. The number of halogens is 1. The summed E-state index contributed by atoms with van der Waals surface area (Å²) in [5.41, 5.74) is 8.16. The zero-order valence-electron chi connectivity index (χ0n) is 11.6. The molecule has 1 aliphatic heterocycles. The van der Waals surface area contributed by atoms with Crippen LogP contribution in [0.3, 0.4) is 0 Å². The van der Waals surface area contributed by atoms with Crippen LogP contribution in [-0.2, 0) is 17.6 Å². The summed E-state index contributed by atoms with van der Waals surface area (Å²) in [5.74, 6) is 1.21.